The quantitative estimate of drug-likeness (QED) is 0.557. The topological polar surface area (TPSA) is 87.7 Å². The zero-order valence-electron chi connectivity index (χ0n) is 20.1. The van der Waals surface area contributed by atoms with Crippen molar-refractivity contribution in [3.8, 4) is 5.75 Å². The highest BCUT2D eigenvalue weighted by molar-refractivity contribution is 5.95. The number of carbonyl (C=O) groups excluding carboxylic acids is 3. The molecule has 0 aliphatic heterocycles. The van der Waals surface area contributed by atoms with E-state index < -0.39 is 0 Å². The Morgan fingerprint density at radius 1 is 1.03 bits per heavy atom. The van der Waals surface area contributed by atoms with Gasteiger partial charge in [0.15, 0.2) is 0 Å². The van der Waals surface area contributed by atoms with Crippen molar-refractivity contribution in [3.05, 3.63) is 24.3 Å². The van der Waals surface area contributed by atoms with E-state index in [1.807, 2.05) is 13.8 Å². The van der Waals surface area contributed by atoms with Crippen LogP contribution in [0.4, 0.5) is 5.69 Å². The number of benzene rings is 1. The number of nitrogens with zero attached hydrogens (tertiary/aromatic N) is 1. The molecule has 0 heterocycles. The fourth-order valence-electron chi connectivity index (χ4n) is 3.53. The molecule has 1 unspecified atom stereocenters. The van der Waals surface area contributed by atoms with Gasteiger partial charge in [0, 0.05) is 18.7 Å². The van der Waals surface area contributed by atoms with Gasteiger partial charge in [-0.3, -0.25) is 14.4 Å². The molecule has 0 radical (unpaired) electrons. The highest BCUT2D eigenvalue weighted by atomic mass is 16.5. The molecule has 0 saturated carbocycles. The Labute approximate surface area is 186 Å². The van der Waals surface area contributed by atoms with Crippen LogP contribution >= 0.6 is 0 Å². The Morgan fingerprint density at radius 3 is 2.16 bits per heavy atom. The second-order valence-electron chi connectivity index (χ2n) is 9.80. The van der Waals surface area contributed by atoms with Crippen LogP contribution in [0, 0.1) is 17.3 Å². The van der Waals surface area contributed by atoms with Crippen molar-refractivity contribution in [1.29, 1.82) is 0 Å². The number of ether oxygens (including phenoxy) is 1. The zero-order valence-corrected chi connectivity index (χ0v) is 20.1. The lowest BCUT2D eigenvalue weighted by Crippen LogP contribution is -2.44. The maximum absolute atomic E-state index is 12.8. The van der Waals surface area contributed by atoms with E-state index in [1.165, 1.54) is 0 Å². The molecule has 3 amide bonds. The van der Waals surface area contributed by atoms with Gasteiger partial charge in [0.1, 0.15) is 5.75 Å². The van der Waals surface area contributed by atoms with Crippen LogP contribution in [0.3, 0.4) is 0 Å². The normalized spacial score (nSPS) is 12.3. The average molecular weight is 434 g/mol. The molecule has 1 rings (SSSR count). The number of hydrogen-bond acceptors (Lipinski definition) is 4. The molecule has 0 fully saturated rings. The van der Waals surface area contributed by atoms with E-state index in [4.69, 9.17) is 4.74 Å². The summed E-state index contributed by atoms with van der Waals surface area (Å²) in [7, 11) is 1.57. The number of anilines is 1. The standard InChI is InChI=1S/C24H39N3O4/c1-17(2)15-27(23(30)12-18(3)13-24(4,5)6)16-22(29)25-14-21(28)26-19-8-10-20(31-7)11-9-19/h8-11,17-18H,12-16H2,1-7H3,(H,25,29)(H,26,28). The number of rotatable bonds is 11. The molecule has 31 heavy (non-hydrogen) atoms. The highest BCUT2D eigenvalue weighted by Gasteiger charge is 2.23. The van der Waals surface area contributed by atoms with Crippen molar-refractivity contribution < 1.29 is 19.1 Å². The van der Waals surface area contributed by atoms with Gasteiger partial charge in [-0.25, -0.2) is 0 Å². The molecule has 0 aliphatic rings. The number of methoxy groups -OCH3 is 1. The van der Waals surface area contributed by atoms with Crippen LogP contribution < -0.4 is 15.4 Å². The summed E-state index contributed by atoms with van der Waals surface area (Å²) in [6.07, 6.45) is 1.35. The third-order valence-electron chi connectivity index (χ3n) is 4.58. The Hall–Kier alpha value is -2.57. The van der Waals surface area contributed by atoms with Gasteiger partial charge in [-0.2, -0.15) is 0 Å². The fourth-order valence-corrected chi connectivity index (χ4v) is 3.53. The zero-order chi connectivity index (χ0) is 23.6. The summed E-state index contributed by atoms with van der Waals surface area (Å²) in [5.41, 5.74) is 0.765. The van der Waals surface area contributed by atoms with Crippen LogP contribution in [0.1, 0.15) is 54.4 Å². The largest absolute Gasteiger partial charge is 0.497 e. The Balaban J connectivity index is 2.56. The Morgan fingerprint density at radius 2 is 1.65 bits per heavy atom. The molecule has 0 saturated heterocycles. The molecule has 1 aromatic carbocycles. The van der Waals surface area contributed by atoms with Gasteiger partial charge in [-0.15, -0.1) is 0 Å². The van der Waals surface area contributed by atoms with Gasteiger partial charge in [-0.1, -0.05) is 41.5 Å². The predicted molar refractivity (Wildman–Crippen MR) is 124 cm³/mol. The van der Waals surface area contributed by atoms with Crippen LogP contribution in [-0.2, 0) is 14.4 Å². The molecule has 0 aromatic heterocycles. The van der Waals surface area contributed by atoms with Crippen molar-refractivity contribution in [2.75, 3.05) is 32.1 Å². The molecule has 1 aromatic rings. The highest BCUT2D eigenvalue weighted by Crippen LogP contribution is 2.26. The summed E-state index contributed by atoms with van der Waals surface area (Å²) in [6.45, 7) is 12.9. The van der Waals surface area contributed by atoms with Crippen LogP contribution in [0.15, 0.2) is 24.3 Å². The van der Waals surface area contributed by atoms with Gasteiger partial charge in [0.2, 0.25) is 17.7 Å². The first-order valence-electron chi connectivity index (χ1n) is 10.9. The smallest absolute Gasteiger partial charge is 0.243 e. The molecule has 2 N–H and O–H groups in total. The van der Waals surface area contributed by atoms with E-state index in [0.717, 1.165) is 6.42 Å². The third-order valence-corrected chi connectivity index (χ3v) is 4.58. The van der Waals surface area contributed by atoms with E-state index in [2.05, 4.69) is 38.3 Å². The number of hydrogen-bond donors (Lipinski definition) is 2. The van der Waals surface area contributed by atoms with Crippen molar-refractivity contribution in [2.24, 2.45) is 17.3 Å². The average Bonchev–Trinajstić information content (AvgIpc) is 2.64. The van der Waals surface area contributed by atoms with Crippen molar-refractivity contribution >= 4 is 23.4 Å². The summed E-state index contributed by atoms with van der Waals surface area (Å²) in [4.78, 5) is 38.9. The number of nitrogens with one attached hydrogen (secondary N) is 2. The first-order chi connectivity index (χ1) is 14.4. The lowest BCUT2D eigenvalue weighted by Gasteiger charge is -2.27. The second-order valence-corrected chi connectivity index (χ2v) is 9.80. The minimum atomic E-state index is -0.345. The van der Waals surface area contributed by atoms with E-state index in [9.17, 15) is 14.4 Å². The minimum absolute atomic E-state index is 0.0247. The molecule has 7 nitrogen and oxygen atoms in total. The minimum Gasteiger partial charge on any atom is -0.497 e. The first kappa shape index (κ1) is 26.5. The molecule has 7 heteroatoms. The van der Waals surface area contributed by atoms with Crippen molar-refractivity contribution in [1.82, 2.24) is 10.2 Å². The third kappa shape index (κ3) is 11.4. The van der Waals surface area contributed by atoms with Crippen LogP contribution in [0.2, 0.25) is 0 Å². The van der Waals surface area contributed by atoms with Gasteiger partial charge < -0.3 is 20.3 Å². The lowest BCUT2D eigenvalue weighted by atomic mass is 9.84. The van der Waals surface area contributed by atoms with Gasteiger partial charge in [0.25, 0.3) is 0 Å². The SMILES string of the molecule is COc1ccc(NC(=O)CNC(=O)CN(CC(C)C)C(=O)CC(C)CC(C)(C)C)cc1. The first-order valence-corrected chi connectivity index (χ1v) is 10.9. The van der Waals surface area contributed by atoms with E-state index in [1.54, 1.807) is 36.3 Å². The lowest BCUT2D eigenvalue weighted by molar-refractivity contribution is -0.137. The van der Waals surface area contributed by atoms with E-state index in [-0.39, 0.29) is 48.1 Å². The summed E-state index contributed by atoms with van der Waals surface area (Å²) in [5, 5.41) is 5.32. The van der Waals surface area contributed by atoms with Crippen LogP contribution in [0.5, 0.6) is 5.75 Å². The maximum Gasteiger partial charge on any atom is 0.243 e. The van der Waals surface area contributed by atoms with E-state index in [0.29, 0.717) is 24.4 Å². The Bertz CT molecular complexity index is 723. The summed E-state index contributed by atoms with van der Waals surface area (Å²) < 4.78 is 5.08. The Kier molecular flexibility index (Phi) is 10.5. The fraction of sp³-hybridized carbons (Fsp3) is 0.625. The van der Waals surface area contributed by atoms with E-state index >= 15 is 0 Å². The molecule has 174 valence electrons. The van der Waals surface area contributed by atoms with Crippen LogP contribution in [-0.4, -0.2) is 49.4 Å². The van der Waals surface area contributed by atoms with Crippen LogP contribution in [0.25, 0.3) is 0 Å². The maximum atomic E-state index is 12.8. The number of carbonyl (C=O) groups is 3. The van der Waals surface area contributed by atoms with Gasteiger partial charge in [-0.05, 0) is 47.9 Å². The molecular weight excluding hydrogens is 394 g/mol. The summed E-state index contributed by atoms with van der Waals surface area (Å²) >= 11 is 0. The number of amides is 3. The van der Waals surface area contributed by atoms with Crippen molar-refractivity contribution in [2.45, 2.75) is 54.4 Å². The monoisotopic (exact) mass is 433 g/mol. The van der Waals surface area contributed by atoms with Gasteiger partial charge >= 0.3 is 0 Å². The summed E-state index contributed by atoms with van der Waals surface area (Å²) in [5.74, 6) is 0.469. The predicted octanol–water partition coefficient (Wildman–Crippen LogP) is 3.70. The molecule has 0 spiro atoms. The molecule has 0 aliphatic carbocycles. The molecule has 0 bridgehead atoms. The second kappa shape index (κ2) is 12.3. The summed E-state index contributed by atoms with van der Waals surface area (Å²) in [6, 6.07) is 6.93. The van der Waals surface area contributed by atoms with Gasteiger partial charge in [0.05, 0.1) is 20.2 Å². The van der Waals surface area contributed by atoms with Crippen molar-refractivity contribution in [3.63, 3.8) is 0 Å². The molecule has 1 atom stereocenters. The molecular formula is C24H39N3O4.